The number of amides is 3. The van der Waals surface area contributed by atoms with E-state index in [0.717, 1.165) is 6.42 Å². The van der Waals surface area contributed by atoms with Crippen LogP contribution in [0.15, 0.2) is 42.5 Å². The van der Waals surface area contributed by atoms with Gasteiger partial charge in [0, 0.05) is 23.4 Å². The van der Waals surface area contributed by atoms with Crippen molar-refractivity contribution in [1.82, 2.24) is 4.90 Å². The second-order valence-corrected chi connectivity index (χ2v) is 8.53. The van der Waals surface area contributed by atoms with Crippen LogP contribution in [0.4, 0.5) is 15.8 Å². The van der Waals surface area contributed by atoms with Gasteiger partial charge in [0.25, 0.3) is 0 Å². The summed E-state index contributed by atoms with van der Waals surface area (Å²) in [5.41, 5.74) is -0.00600. The summed E-state index contributed by atoms with van der Waals surface area (Å²) >= 11 is 0. The summed E-state index contributed by atoms with van der Waals surface area (Å²) in [6, 6.07) is 10.7. The molecule has 158 valence electrons. The normalized spacial score (nSPS) is 31.2. The predicted molar refractivity (Wildman–Crippen MR) is 109 cm³/mol. The first-order valence-electron chi connectivity index (χ1n) is 10.4. The quantitative estimate of drug-likeness (QED) is 0.753. The number of hydrogen-bond acceptors (Lipinski definition) is 5. The summed E-state index contributed by atoms with van der Waals surface area (Å²) in [4.78, 5) is 44.0. The van der Waals surface area contributed by atoms with Gasteiger partial charge in [-0.2, -0.15) is 0 Å². The van der Waals surface area contributed by atoms with E-state index >= 15 is 0 Å². The maximum Gasteiger partial charge on any atom is 0.250 e. The average Bonchev–Trinajstić information content (AvgIpc) is 3.46. The molecular formula is C23H20FN3O4. The Labute approximate surface area is 177 Å². The minimum atomic E-state index is -1.37. The zero-order valence-electron chi connectivity index (χ0n) is 16.8. The lowest BCUT2D eigenvalue weighted by atomic mass is 9.75. The van der Waals surface area contributed by atoms with E-state index in [1.165, 1.54) is 30.2 Å². The Kier molecular flexibility index (Phi) is 3.66. The molecule has 4 heterocycles. The Bertz CT molecular complexity index is 1170. The van der Waals surface area contributed by atoms with Crippen molar-refractivity contribution in [3.63, 3.8) is 0 Å². The first-order chi connectivity index (χ1) is 15.0. The second kappa shape index (κ2) is 6.13. The Morgan fingerprint density at radius 2 is 1.97 bits per heavy atom. The fourth-order valence-corrected chi connectivity index (χ4v) is 6.18. The standard InChI is InChI=1S/C23H20FN3O4/c1-31-14-5-2-4-13(11-14)27-20(28)18-17-6-3-9-26(17)23(19(18)21(27)29)15-10-12(24)7-8-16(15)25-22(23)30/h2,4-5,7-8,10-11,17-19H,3,6,9H2,1H3,(H,25,30)/t17-,18-,19+,23-/m1/s1. The highest BCUT2D eigenvalue weighted by atomic mass is 19.1. The molecule has 4 aliphatic rings. The maximum atomic E-state index is 14.3. The van der Waals surface area contributed by atoms with Crippen molar-refractivity contribution in [1.29, 1.82) is 0 Å². The molecule has 2 aromatic carbocycles. The van der Waals surface area contributed by atoms with Gasteiger partial charge in [0.15, 0.2) is 0 Å². The summed E-state index contributed by atoms with van der Waals surface area (Å²) in [5, 5.41) is 2.84. The first kappa shape index (κ1) is 18.5. The Morgan fingerprint density at radius 3 is 2.77 bits per heavy atom. The predicted octanol–water partition coefficient (Wildman–Crippen LogP) is 2.27. The van der Waals surface area contributed by atoms with Crippen LogP contribution in [-0.4, -0.2) is 42.3 Å². The van der Waals surface area contributed by atoms with Crippen LogP contribution in [0.1, 0.15) is 18.4 Å². The van der Waals surface area contributed by atoms with Crippen molar-refractivity contribution < 1.29 is 23.5 Å². The van der Waals surface area contributed by atoms with Crippen LogP contribution in [0, 0.1) is 17.7 Å². The smallest absolute Gasteiger partial charge is 0.250 e. The molecule has 31 heavy (non-hydrogen) atoms. The van der Waals surface area contributed by atoms with Crippen LogP contribution in [0.3, 0.4) is 0 Å². The van der Waals surface area contributed by atoms with E-state index in [1.54, 1.807) is 24.3 Å². The van der Waals surface area contributed by atoms with Crippen molar-refractivity contribution >= 4 is 29.1 Å². The van der Waals surface area contributed by atoms with Gasteiger partial charge in [0.2, 0.25) is 17.7 Å². The highest BCUT2D eigenvalue weighted by Crippen LogP contribution is 2.60. The average molecular weight is 421 g/mol. The second-order valence-electron chi connectivity index (χ2n) is 8.53. The van der Waals surface area contributed by atoms with Gasteiger partial charge >= 0.3 is 0 Å². The van der Waals surface area contributed by atoms with E-state index in [1.807, 2.05) is 4.90 Å². The molecule has 0 aromatic heterocycles. The zero-order chi connectivity index (χ0) is 21.5. The number of rotatable bonds is 2. The Balaban J connectivity index is 1.55. The molecule has 0 unspecified atom stereocenters. The van der Waals surface area contributed by atoms with Crippen molar-refractivity contribution in [2.45, 2.75) is 24.4 Å². The van der Waals surface area contributed by atoms with E-state index in [9.17, 15) is 18.8 Å². The minimum absolute atomic E-state index is 0.239. The topological polar surface area (TPSA) is 79.0 Å². The summed E-state index contributed by atoms with van der Waals surface area (Å²) in [5.74, 6) is -2.60. The van der Waals surface area contributed by atoms with Crippen LogP contribution < -0.4 is 15.0 Å². The third kappa shape index (κ3) is 2.13. The maximum absolute atomic E-state index is 14.3. The Hall–Kier alpha value is -3.26. The molecule has 3 amide bonds. The molecule has 3 saturated heterocycles. The third-order valence-corrected chi connectivity index (χ3v) is 7.27. The molecule has 2 aromatic rings. The number of ether oxygens (including phenoxy) is 1. The number of carbonyl (C=O) groups excluding carboxylic acids is 3. The molecule has 0 bridgehead atoms. The van der Waals surface area contributed by atoms with Gasteiger partial charge in [0.1, 0.15) is 17.1 Å². The third-order valence-electron chi connectivity index (χ3n) is 7.27. The van der Waals surface area contributed by atoms with Crippen LogP contribution in [-0.2, 0) is 19.9 Å². The first-order valence-corrected chi connectivity index (χ1v) is 10.4. The van der Waals surface area contributed by atoms with Gasteiger partial charge in [-0.25, -0.2) is 9.29 Å². The fourth-order valence-electron chi connectivity index (χ4n) is 6.18. The number of imide groups is 1. The molecular weight excluding hydrogens is 401 g/mol. The molecule has 0 radical (unpaired) electrons. The number of nitrogens with one attached hydrogen (secondary N) is 1. The van der Waals surface area contributed by atoms with Gasteiger partial charge in [0.05, 0.1) is 24.6 Å². The van der Waals surface area contributed by atoms with Crippen molar-refractivity contribution in [2.24, 2.45) is 11.8 Å². The number of methoxy groups -OCH3 is 1. The number of benzene rings is 2. The number of anilines is 2. The fraction of sp³-hybridized carbons (Fsp3) is 0.348. The van der Waals surface area contributed by atoms with E-state index in [0.29, 0.717) is 35.7 Å². The summed E-state index contributed by atoms with van der Waals surface area (Å²) in [7, 11) is 1.52. The molecule has 0 aliphatic carbocycles. The van der Waals surface area contributed by atoms with Crippen LogP contribution in [0.2, 0.25) is 0 Å². The van der Waals surface area contributed by atoms with Gasteiger partial charge in [-0.1, -0.05) is 6.07 Å². The molecule has 8 heteroatoms. The van der Waals surface area contributed by atoms with Crippen molar-refractivity contribution in [2.75, 3.05) is 23.9 Å². The molecule has 6 rings (SSSR count). The van der Waals surface area contributed by atoms with E-state index < -0.39 is 29.1 Å². The molecule has 3 fully saturated rings. The van der Waals surface area contributed by atoms with Crippen molar-refractivity contribution in [3.05, 3.63) is 53.8 Å². The molecule has 4 atom stereocenters. The minimum Gasteiger partial charge on any atom is -0.497 e. The molecule has 1 spiro atoms. The Morgan fingerprint density at radius 1 is 1.13 bits per heavy atom. The summed E-state index contributed by atoms with van der Waals surface area (Å²) < 4.78 is 19.5. The SMILES string of the molecule is COc1cccc(N2C(=O)[C@@H]3[C@H]4CCCN4[C@@]4(C(=O)Nc5ccc(F)cc54)[C@@H]3C2=O)c1. The lowest BCUT2D eigenvalue weighted by Crippen LogP contribution is -2.54. The van der Waals surface area contributed by atoms with E-state index in [4.69, 9.17) is 4.74 Å². The summed E-state index contributed by atoms with van der Waals surface area (Å²) in [6.45, 7) is 0.584. The number of fused-ring (bicyclic) bond motifs is 7. The highest BCUT2D eigenvalue weighted by Gasteiger charge is 2.74. The summed E-state index contributed by atoms with van der Waals surface area (Å²) in [6.07, 6.45) is 1.53. The molecule has 1 N–H and O–H groups in total. The molecule has 0 saturated carbocycles. The van der Waals surface area contributed by atoms with Gasteiger partial charge in [-0.3, -0.25) is 19.3 Å². The molecule has 7 nitrogen and oxygen atoms in total. The lowest BCUT2D eigenvalue weighted by Gasteiger charge is -2.36. The number of halogens is 1. The number of hydrogen-bond donors (Lipinski definition) is 1. The van der Waals surface area contributed by atoms with Crippen LogP contribution in [0.25, 0.3) is 0 Å². The number of carbonyl (C=O) groups is 3. The monoisotopic (exact) mass is 421 g/mol. The van der Waals surface area contributed by atoms with Gasteiger partial charge < -0.3 is 10.1 Å². The largest absolute Gasteiger partial charge is 0.497 e. The van der Waals surface area contributed by atoms with Crippen LogP contribution >= 0.6 is 0 Å². The molecule has 4 aliphatic heterocycles. The van der Waals surface area contributed by atoms with E-state index in [-0.39, 0.29) is 17.9 Å². The van der Waals surface area contributed by atoms with Gasteiger partial charge in [-0.05, 0) is 49.7 Å². The van der Waals surface area contributed by atoms with Gasteiger partial charge in [-0.15, -0.1) is 0 Å². The lowest BCUT2D eigenvalue weighted by molar-refractivity contribution is -0.135. The van der Waals surface area contributed by atoms with E-state index in [2.05, 4.69) is 5.32 Å². The zero-order valence-corrected chi connectivity index (χ0v) is 16.8. The van der Waals surface area contributed by atoms with Crippen molar-refractivity contribution in [3.8, 4) is 5.75 Å². The highest BCUT2D eigenvalue weighted by molar-refractivity contribution is 6.25. The number of nitrogens with zero attached hydrogens (tertiary/aromatic N) is 2. The van der Waals surface area contributed by atoms with Crippen LogP contribution in [0.5, 0.6) is 5.75 Å².